The van der Waals surface area contributed by atoms with Crippen LogP contribution in [0.1, 0.15) is 12.2 Å². The number of amides is 1. The van der Waals surface area contributed by atoms with Crippen LogP contribution in [0.4, 0.5) is 0 Å². The van der Waals surface area contributed by atoms with E-state index < -0.39 is 0 Å². The summed E-state index contributed by atoms with van der Waals surface area (Å²) in [6.07, 6.45) is 2.07. The van der Waals surface area contributed by atoms with E-state index in [1.807, 2.05) is 6.07 Å². The number of hydrogen-bond acceptors (Lipinski definition) is 4. The van der Waals surface area contributed by atoms with Gasteiger partial charge < -0.3 is 19.2 Å². The summed E-state index contributed by atoms with van der Waals surface area (Å²) in [5.74, 6) is 0.726. The highest BCUT2D eigenvalue weighted by molar-refractivity contribution is 5.78. The Labute approximate surface area is 93.6 Å². The van der Waals surface area contributed by atoms with Crippen molar-refractivity contribution in [2.24, 2.45) is 0 Å². The molecule has 1 fully saturated rings. The van der Waals surface area contributed by atoms with Gasteiger partial charge in [0.15, 0.2) is 0 Å². The molecule has 2 heterocycles. The molecule has 0 spiro atoms. The lowest BCUT2D eigenvalue weighted by atomic mass is 10.2. The van der Waals surface area contributed by atoms with Crippen molar-refractivity contribution in [3.8, 4) is 0 Å². The highest BCUT2D eigenvalue weighted by Gasteiger charge is 2.26. The average Bonchev–Trinajstić information content (AvgIpc) is 2.76. The zero-order valence-electron chi connectivity index (χ0n) is 8.96. The second-order valence-electron chi connectivity index (χ2n) is 3.80. The van der Waals surface area contributed by atoms with Gasteiger partial charge in [0.05, 0.1) is 18.9 Å². The molecule has 1 aromatic rings. The number of nitrogens with zero attached hydrogens (tertiary/aromatic N) is 1. The number of aliphatic hydroxyl groups is 1. The highest BCUT2D eigenvalue weighted by atomic mass is 16.5. The monoisotopic (exact) mass is 225 g/mol. The molecule has 16 heavy (non-hydrogen) atoms. The van der Waals surface area contributed by atoms with Crippen LogP contribution >= 0.6 is 0 Å². The number of furan rings is 1. The van der Waals surface area contributed by atoms with Gasteiger partial charge in [-0.3, -0.25) is 4.79 Å². The zero-order valence-corrected chi connectivity index (χ0v) is 8.96. The van der Waals surface area contributed by atoms with Crippen molar-refractivity contribution in [2.45, 2.75) is 19.1 Å². The predicted octanol–water partition coefficient (Wildman–Crippen LogP) is 0.389. The van der Waals surface area contributed by atoms with Gasteiger partial charge in [0.1, 0.15) is 12.4 Å². The first-order chi connectivity index (χ1) is 7.79. The van der Waals surface area contributed by atoms with Gasteiger partial charge in [-0.05, 0) is 18.6 Å². The van der Waals surface area contributed by atoms with Gasteiger partial charge in [-0.15, -0.1) is 0 Å². The van der Waals surface area contributed by atoms with Crippen LogP contribution in [0.3, 0.4) is 0 Å². The summed E-state index contributed by atoms with van der Waals surface area (Å²) in [6.45, 7) is 1.15. The van der Waals surface area contributed by atoms with Crippen molar-refractivity contribution in [2.75, 3.05) is 19.8 Å². The molecule has 0 aliphatic carbocycles. The van der Waals surface area contributed by atoms with Crippen LogP contribution in [-0.2, 0) is 16.1 Å². The van der Waals surface area contributed by atoms with Crippen LogP contribution in [0, 0.1) is 0 Å². The first-order valence-electron chi connectivity index (χ1n) is 5.32. The third-order valence-electron chi connectivity index (χ3n) is 2.60. The van der Waals surface area contributed by atoms with Crippen molar-refractivity contribution >= 4 is 5.91 Å². The maximum atomic E-state index is 11.6. The molecule has 0 radical (unpaired) electrons. The van der Waals surface area contributed by atoms with Gasteiger partial charge in [-0.2, -0.15) is 0 Å². The molecule has 2 rings (SSSR count). The average molecular weight is 225 g/mol. The van der Waals surface area contributed by atoms with E-state index in [-0.39, 0.29) is 25.2 Å². The third kappa shape index (κ3) is 2.62. The predicted molar refractivity (Wildman–Crippen MR) is 55.6 cm³/mol. The summed E-state index contributed by atoms with van der Waals surface area (Å²) in [5.41, 5.74) is 0. The van der Waals surface area contributed by atoms with Crippen LogP contribution in [0.2, 0.25) is 0 Å². The SMILES string of the molecule is O=C1COC(CCO)CN1Cc1ccco1. The molecule has 1 atom stereocenters. The number of carbonyl (C=O) groups is 1. The minimum absolute atomic E-state index is 0.0365. The van der Waals surface area contributed by atoms with Crippen molar-refractivity contribution in [1.82, 2.24) is 4.90 Å². The second-order valence-corrected chi connectivity index (χ2v) is 3.80. The van der Waals surface area contributed by atoms with Crippen LogP contribution in [-0.4, -0.2) is 41.8 Å². The summed E-state index contributed by atoms with van der Waals surface area (Å²) in [5, 5.41) is 8.83. The Kier molecular flexibility index (Phi) is 3.58. The van der Waals surface area contributed by atoms with E-state index >= 15 is 0 Å². The quantitative estimate of drug-likeness (QED) is 0.805. The van der Waals surface area contributed by atoms with E-state index in [1.165, 1.54) is 0 Å². The molecular weight excluding hydrogens is 210 g/mol. The summed E-state index contributed by atoms with van der Waals surface area (Å²) < 4.78 is 10.5. The Morgan fingerprint density at radius 3 is 3.12 bits per heavy atom. The van der Waals surface area contributed by atoms with E-state index in [4.69, 9.17) is 14.3 Å². The van der Waals surface area contributed by atoms with Crippen molar-refractivity contribution in [1.29, 1.82) is 0 Å². The lowest BCUT2D eigenvalue weighted by Gasteiger charge is -2.31. The van der Waals surface area contributed by atoms with E-state index in [0.717, 1.165) is 5.76 Å². The fraction of sp³-hybridized carbons (Fsp3) is 0.545. The second kappa shape index (κ2) is 5.14. The number of ether oxygens (including phenoxy) is 1. The molecule has 1 aliphatic heterocycles. The Morgan fingerprint density at radius 2 is 2.44 bits per heavy atom. The number of aliphatic hydroxyl groups excluding tert-OH is 1. The van der Waals surface area contributed by atoms with Crippen molar-refractivity contribution in [3.63, 3.8) is 0 Å². The van der Waals surface area contributed by atoms with E-state index in [0.29, 0.717) is 19.5 Å². The lowest BCUT2D eigenvalue weighted by Crippen LogP contribution is -2.46. The smallest absolute Gasteiger partial charge is 0.249 e. The Balaban J connectivity index is 1.93. The van der Waals surface area contributed by atoms with E-state index in [1.54, 1.807) is 17.2 Å². The van der Waals surface area contributed by atoms with Crippen molar-refractivity contribution in [3.05, 3.63) is 24.2 Å². The standard InChI is InChI=1S/C11H15NO4/c13-4-3-10-7-12(11(14)8-16-10)6-9-2-1-5-15-9/h1-2,5,10,13H,3-4,6-8H2. The van der Waals surface area contributed by atoms with Gasteiger partial charge >= 0.3 is 0 Å². The molecule has 1 amide bonds. The van der Waals surface area contributed by atoms with Crippen LogP contribution in [0.15, 0.2) is 22.8 Å². The largest absolute Gasteiger partial charge is 0.467 e. The third-order valence-corrected chi connectivity index (χ3v) is 2.60. The molecule has 1 aromatic heterocycles. The normalized spacial score (nSPS) is 21.4. The summed E-state index contributed by atoms with van der Waals surface area (Å²) in [6, 6.07) is 3.63. The summed E-state index contributed by atoms with van der Waals surface area (Å²) in [4.78, 5) is 13.3. The maximum absolute atomic E-state index is 11.6. The van der Waals surface area contributed by atoms with Gasteiger partial charge in [0, 0.05) is 13.2 Å². The highest BCUT2D eigenvalue weighted by Crippen LogP contribution is 2.13. The van der Waals surface area contributed by atoms with Gasteiger partial charge in [0.25, 0.3) is 0 Å². The number of hydrogen-bond donors (Lipinski definition) is 1. The Hall–Kier alpha value is -1.33. The Bertz CT molecular complexity index is 336. The fourth-order valence-corrected chi connectivity index (χ4v) is 1.74. The van der Waals surface area contributed by atoms with Crippen LogP contribution in [0.25, 0.3) is 0 Å². The molecule has 1 saturated heterocycles. The maximum Gasteiger partial charge on any atom is 0.249 e. The molecule has 0 aromatic carbocycles. The minimum Gasteiger partial charge on any atom is -0.467 e. The molecule has 1 N–H and O–H groups in total. The number of morpholine rings is 1. The number of rotatable bonds is 4. The molecule has 0 bridgehead atoms. The molecule has 5 heteroatoms. The van der Waals surface area contributed by atoms with Crippen LogP contribution < -0.4 is 0 Å². The first kappa shape index (κ1) is 11.2. The van der Waals surface area contributed by atoms with Gasteiger partial charge in [0.2, 0.25) is 5.91 Å². The number of carbonyl (C=O) groups excluding carboxylic acids is 1. The topological polar surface area (TPSA) is 62.9 Å². The van der Waals surface area contributed by atoms with Gasteiger partial charge in [-0.25, -0.2) is 0 Å². The summed E-state index contributed by atoms with van der Waals surface area (Å²) >= 11 is 0. The summed E-state index contributed by atoms with van der Waals surface area (Å²) in [7, 11) is 0. The van der Waals surface area contributed by atoms with E-state index in [2.05, 4.69) is 0 Å². The van der Waals surface area contributed by atoms with E-state index in [9.17, 15) is 4.79 Å². The van der Waals surface area contributed by atoms with Gasteiger partial charge in [-0.1, -0.05) is 0 Å². The molecular formula is C11H15NO4. The minimum atomic E-state index is -0.0716. The fourth-order valence-electron chi connectivity index (χ4n) is 1.74. The van der Waals surface area contributed by atoms with Crippen LogP contribution in [0.5, 0.6) is 0 Å². The molecule has 5 nitrogen and oxygen atoms in total. The molecule has 0 saturated carbocycles. The molecule has 1 unspecified atom stereocenters. The molecule has 88 valence electrons. The zero-order chi connectivity index (χ0) is 11.4. The first-order valence-corrected chi connectivity index (χ1v) is 5.32. The van der Waals surface area contributed by atoms with Crippen molar-refractivity contribution < 1.29 is 19.1 Å². The lowest BCUT2D eigenvalue weighted by molar-refractivity contribution is -0.150. The molecule has 1 aliphatic rings. The Morgan fingerprint density at radius 1 is 1.56 bits per heavy atom.